The molecule has 24 heavy (non-hydrogen) atoms. The van der Waals surface area contributed by atoms with Crippen molar-refractivity contribution in [1.29, 1.82) is 0 Å². The number of ketones is 2. The van der Waals surface area contributed by atoms with Crippen LogP contribution in [0.1, 0.15) is 20.7 Å². The third kappa shape index (κ3) is 3.39. The van der Waals surface area contributed by atoms with Crippen molar-refractivity contribution in [3.63, 3.8) is 0 Å². The average molecular weight is 333 g/mol. The zero-order chi connectivity index (χ0) is 16.9. The topological polar surface area (TPSA) is 46.2 Å². The Labute approximate surface area is 145 Å². The Bertz CT molecular complexity index is 891. The molecule has 0 saturated heterocycles. The van der Waals surface area contributed by atoms with Crippen LogP contribution in [0, 0.1) is 0 Å². The van der Waals surface area contributed by atoms with Crippen molar-refractivity contribution >= 4 is 35.6 Å². The quantitative estimate of drug-likeness (QED) is 0.401. The molecule has 0 radical (unpaired) electrons. The van der Waals surface area contributed by atoms with Gasteiger partial charge < -0.3 is 5.32 Å². The van der Waals surface area contributed by atoms with Gasteiger partial charge in [0.2, 0.25) is 11.6 Å². The van der Waals surface area contributed by atoms with E-state index in [1.54, 1.807) is 48.5 Å². The van der Waals surface area contributed by atoms with Gasteiger partial charge in [0.05, 0.1) is 5.69 Å². The Hall–Kier alpha value is -2.85. The van der Waals surface area contributed by atoms with Gasteiger partial charge in [0.25, 0.3) is 0 Å². The third-order valence-corrected chi connectivity index (χ3v) is 3.98. The first-order valence-corrected chi connectivity index (χ1v) is 7.89. The van der Waals surface area contributed by atoms with Crippen LogP contribution in [-0.2, 0) is 0 Å². The van der Waals surface area contributed by atoms with E-state index in [9.17, 15) is 9.59 Å². The number of hydrogen-bond donors (Lipinski definition) is 2. The van der Waals surface area contributed by atoms with Crippen molar-refractivity contribution in [2.75, 3.05) is 5.32 Å². The summed E-state index contributed by atoms with van der Waals surface area (Å²) in [6.07, 6.45) is 0. The van der Waals surface area contributed by atoms with E-state index >= 15 is 0 Å². The van der Waals surface area contributed by atoms with E-state index in [0.29, 0.717) is 16.8 Å². The van der Waals surface area contributed by atoms with Crippen LogP contribution in [0.3, 0.4) is 0 Å². The Morgan fingerprint density at radius 1 is 0.667 bits per heavy atom. The summed E-state index contributed by atoms with van der Waals surface area (Å²) in [5.74, 6) is -1.06. The van der Waals surface area contributed by atoms with Crippen molar-refractivity contribution in [3.05, 3.63) is 90.0 Å². The first-order valence-electron chi connectivity index (χ1n) is 7.45. The number of hydrogen-bond acceptors (Lipinski definition) is 4. The van der Waals surface area contributed by atoms with Gasteiger partial charge in [-0.05, 0) is 24.3 Å². The zero-order valence-electron chi connectivity index (χ0n) is 12.8. The van der Waals surface area contributed by atoms with Crippen molar-refractivity contribution in [2.24, 2.45) is 0 Å². The van der Waals surface area contributed by atoms with Crippen LogP contribution in [0.5, 0.6) is 0 Å². The highest BCUT2D eigenvalue weighted by Gasteiger charge is 2.21. The predicted octanol–water partition coefficient (Wildman–Crippen LogP) is 4.78. The average Bonchev–Trinajstić information content (AvgIpc) is 2.63. The van der Waals surface area contributed by atoms with Crippen LogP contribution in [0.25, 0.3) is 0 Å². The number of Topliss-reactive ketones (excluding diaryl/α,β-unsaturated/α-hetero) is 2. The van der Waals surface area contributed by atoms with Gasteiger partial charge in [-0.3, -0.25) is 9.59 Å². The van der Waals surface area contributed by atoms with E-state index in [1.807, 2.05) is 30.3 Å². The van der Waals surface area contributed by atoms with E-state index in [4.69, 9.17) is 0 Å². The predicted molar refractivity (Wildman–Crippen MR) is 98.5 cm³/mol. The fraction of sp³-hybridized carbons (Fsp3) is 0. The highest BCUT2D eigenvalue weighted by atomic mass is 32.1. The minimum Gasteiger partial charge on any atom is -0.354 e. The van der Waals surface area contributed by atoms with Crippen LogP contribution in [0.2, 0.25) is 0 Å². The number of nitrogens with one attached hydrogen (secondary N) is 1. The minimum absolute atomic E-state index is 0.336. The highest BCUT2D eigenvalue weighted by Crippen LogP contribution is 2.26. The van der Waals surface area contributed by atoms with Gasteiger partial charge in [-0.15, -0.1) is 12.6 Å². The van der Waals surface area contributed by atoms with Crippen molar-refractivity contribution < 1.29 is 9.59 Å². The van der Waals surface area contributed by atoms with E-state index in [0.717, 1.165) is 10.6 Å². The lowest BCUT2D eigenvalue weighted by Crippen LogP contribution is -2.16. The molecular weight excluding hydrogens is 318 g/mol. The van der Waals surface area contributed by atoms with Crippen molar-refractivity contribution in [2.45, 2.75) is 4.90 Å². The second kappa shape index (κ2) is 7.15. The Morgan fingerprint density at radius 3 is 1.96 bits per heavy atom. The summed E-state index contributed by atoms with van der Waals surface area (Å²) < 4.78 is 0. The first-order chi connectivity index (χ1) is 11.7. The van der Waals surface area contributed by atoms with Crippen LogP contribution in [0.4, 0.5) is 11.4 Å². The molecule has 118 valence electrons. The number of rotatable bonds is 5. The Morgan fingerprint density at radius 2 is 1.25 bits per heavy atom. The molecule has 0 bridgehead atoms. The number of thiol groups is 1. The molecule has 0 aliphatic heterocycles. The van der Waals surface area contributed by atoms with Crippen molar-refractivity contribution in [1.82, 2.24) is 0 Å². The van der Waals surface area contributed by atoms with E-state index in [-0.39, 0.29) is 0 Å². The van der Waals surface area contributed by atoms with Crippen LogP contribution in [-0.4, -0.2) is 11.6 Å². The summed E-state index contributed by atoms with van der Waals surface area (Å²) in [6, 6.07) is 23.0. The minimum atomic E-state index is -0.541. The standard InChI is InChI=1S/C20H15NO2S/c22-19(14-8-2-1-3-9-14)20(23)15-10-4-5-11-16(15)21-17-12-6-7-13-18(17)24/h1-13,21,24H. The number of anilines is 2. The molecule has 0 amide bonds. The van der Waals surface area contributed by atoms with Gasteiger partial charge in [0.1, 0.15) is 0 Å². The molecule has 0 heterocycles. The summed E-state index contributed by atoms with van der Waals surface area (Å²) >= 11 is 4.40. The van der Waals surface area contributed by atoms with Crippen LogP contribution in [0.15, 0.2) is 83.8 Å². The molecule has 0 aliphatic rings. The Kier molecular flexibility index (Phi) is 4.77. The zero-order valence-corrected chi connectivity index (χ0v) is 13.7. The van der Waals surface area contributed by atoms with E-state index < -0.39 is 11.6 Å². The Balaban J connectivity index is 1.93. The lowest BCUT2D eigenvalue weighted by atomic mass is 10.00. The lowest BCUT2D eigenvalue weighted by molar-refractivity contribution is 0.0817. The largest absolute Gasteiger partial charge is 0.354 e. The van der Waals surface area contributed by atoms with E-state index in [2.05, 4.69) is 17.9 Å². The van der Waals surface area contributed by atoms with E-state index in [1.165, 1.54) is 0 Å². The fourth-order valence-electron chi connectivity index (χ4n) is 2.36. The molecule has 0 unspecified atom stereocenters. The summed E-state index contributed by atoms with van der Waals surface area (Å²) in [7, 11) is 0. The van der Waals surface area contributed by atoms with Crippen LogP contribution >= 0.6 is 12.6 Å². The normalized spacial score (nSPS) is 10.2. The second-order valence-electron chi connectivity index (χ2n) is 5.21. The monoisotopic (exact) mass is 333 g/mol. The number of carbonyl (C=O) groups is 2. The molecule has 0 saturated carbocycles. The fourth-order valence-corrected chi connectivity index (χ4v) is 2.57. The molecule has 0 aliphatic carbocycles. The summed E-state index contributed by atoms with van der Waals surface area (Å²) in [4.78, 5) is 25.8. The number of carbonyl (C=O) groups excluding carboxylic acids is 2. The lowest BCUT2D eigenvalue weighted by Gasteiger charge is -2.12. The second-order valence-corrected chi connectivity index (χ2v) is 5.69. The molecular formula is C20H15NO2S. The number of para-hydroxylation sites is 2. The molecule has 4 heteroatoms. The van der Waals surface area contributed by atoms with Gasteiger partial charge in [-0.25, -0.2) is 0 Å². The SMILES string of the molecule is O=C(C(=O)c1ccccc1Nc1ccccc1S)c1ccccc1. The van der Waals surface area contributed by atoms with Gasteiger partial charge in [-0.2, -0.15) is 0 Å². The van der Waals surface area contributed by atoms with Gasteiger partial charge in [-0.1, -0.05) is 54.6 Å². The molecule has 0 fully saturated rings. The molecule has 3 nitrogen and oxygen atoms in total. The summed E-state index contributed by atoms with van der Waals surface area (Å²) in [6.45, 7) is 0. The maximum atomic E-state index is 12.6. The summed E-state index contributed by atoms with van der Waals surface area (Å²) in [5.41, 5.74) is 2.07. The molecule has 3 aromatic rings. The molecule has 1 N–H and O–H groups in total. The van der Waals surface area contributed by atoms with Gasteiger partial charge in [0.15, 0.2) is 0 Å². The first kappa shape index (κ1) is 16.0. The number of benzene rings is 3. The van der Waals surface area contributed by atoms with Gasteiger partial charge in [0, 0.05) is 21.7 Å². The molecule has 0 aromatic heterocycles. The van der Waals surface area contributed by atoms with Crippen LogP contribution < -0.4 is 5.32 Å². The third-order valence-electron chi connectivity index (χ3n) is 3.59. The van der Waals surface area contributed by atoms with Crippen molar-refractivity contribution in [3.8, 4) is 0 Å². The molecule has 3 aromatic carbocycles. The molecule has 0 spiro atoms. The van der Waals surface area contributed by atoms with Gasteiger partial charge >= 0.3 is 0 Å². The molecule has 3 rings (SSSR count). The maximum Gasteiger partial charge on any atom is 0.235 e. The molecule has 0 atom stereocenters. The maximum absolute atomic E-state index is 12.6. The summed E-state index contributed by atoms with van der Waals surface area (Å²) in [5, 5.41) is 3.18. The smallest absolute Gasteiger partial charge is 0.235 e. The highest BCUT2D eigenvalue weighted by molar-refractivity contribution is 7.80.